The van der Waals surface area contributed by atoms with Crippen molar-refractivity contribution in [3.8, 4) is 0 Å². The van der Waals surface area contributed by atoms with Gasteiger partial charge in [-0.3, -0.25) is 14.4 Å². The molecule has 108 valence electrons. The Morgan fingerprint density at radius 1 is 1.10 bits per heavy atom. The van der Waals surface area contributed by atoms with Gasteiger partial charge in [-0.25, -0.2) is 0 Å². The van der Waals surface area contributed by atoms with E-state index in [1.165, 1.54) is 18.3 Å². The number of hydrogen-bond donors (Lipinski definition) is 2. The summed E-state index contributed by atoms with van der Waals surface area (Å²) in [6.07, 6.45) is 1.25. The Hall–Kier alpha value is -2.89. The zero-order valence-corrected chi connectivity index (χ0v) is 11.2. The Morgan fingerprint density at radius 2 is 1.81 bits per heavy atom. The summed E-state index contributed by atoms with van der Waals surface area (Å²) in [7, 11) is 0. The van der Waals surface area contributed by atoms with E-state index in [1.807, 2.05) is 30.3 Å². The SMILES string of the molecule is O=C(O)Cn1cc(C(=O)NCc2ccccc2)ccc1=O. The third-order valence-corrected chi connectivity index (χ3v) is 2.85. The topological polar surface area (TPSA) is 88.4 Å². The molecule has 0 spiro atoms. The van der Waals surface area contributed by atoms with E-state index in [0.717, 1.165) is 10.1 Å². The average molecular weight is 286 g/mol. The standard InChI is InChI=1S/C15H14N2O4/c18-13-7-6-12(9-17(13)10-14(19)20)15(21)16-8-11-4-2-1-3-5-11/h1-7,9H,8,10H2,(H,16,21)(H,19,20). The molecule has 0 radical (unpaired) electrons. The molecule has 0 aliphatic carbocycles. The minimum atomic E-state index is -1.14. The number of nitrogens with one attached hydrogen (secondary N) is 1. The molecule has 1 amide bonds. The molecule has 2 N–H and O–H groups in total. The lowest BCUT2D eigenvalue weighted by Gasteiger charge is -2.07. The van der Waals surface area contributed by atoms with Gasteiger partial charge in [-0.15, -0.1) is 0 Å². The van der Waals surface area contributed by atoms with Gasteiger partial charge in [0.1, 0.15) is 6.54 Å². The van der Waals surface area contributed by atoms with Crippen LogP contribution in [-0.2, 0) is 17.9 Å². The molecule has 0 unspecified atom stereocenters. The van der Waals surface area contributed by atoms with E-state index in [-0.39, 0.29) is 11.5 Å². The van der Waals surface area contributed by atoms with E-state index in [4.69, 9.17) is 5.11 Å². The van der Waals surface area contributed by atoms with Crippen LogP contribution in [0.25, 0.3) is 0 Å². The monoisotopic (exact) mass is 286 g/mol. The van der Waals surface area contributed by atoms with Crippen molar-refractivity contribution in [1.29, 1.82) is 0 Å². The summed E-state index contributed by atoms with van der Waals surface area (Å²) in [6.45, 7) is -0.115. The Balaban J connectivity index is 2.09. The molecule has 0 bridgehead atoms. The van der Waals surface area contributed by atoms with E-state index in [1.54, 1.807) is 0 Å². The second-order valence-corrected chi connectivity index (χ2v) is 4.45. The van der Waals surface area contributed by atoms with Gasteiger partial charge in [0.15, 0.2) is 0 Å². The van der Waals surface area contributed by atoms with Crippen LogP contribution in [0, 0.1) is 0 Å². The van der Waals surface area contributed by atoms with Gasteiger partial charge < -0.3 is 15.0 Å². The molecule has 0 aliphatic heterocycles. The lowest BCUT2D eigenvalue weighted by Crippen LogP contribution is -2.27. The number of benzene rings is 1. The molecule has 0 fully saturated rings. The van der Waals surface area contributed by atoms with Gasteiger partial charge in [-0.05, 0) is 11.6 Å². The van der Waals surface area contributed by atoms with Gasteiger partial charge in [-0.2, -0.15) is 0 Å². The molecule has 6 heteroatoms. The van der Waals surface area contributed by atoms with Gasteiger partial charge in [0.2, 0.25) is 0 Å². The smallest absolute Gasteiger partial charge is 0.323 e. The summed E-state index contributed by atoms with van der Waals surface area (Å²) in [5.41, 5.74) is 0.730. The molecule has 1 aromatic heterocycles. The first-order valence-corrected chi connectivity index (χ1v) is 6.30. The molecule has 21 heavy (non-hydrogen) atoms. The number of hydrogen-bond acceptors (Lipinski definition) is 3. The largest absolute Gasteiger partial charge is 0.480 e. The molecule has 2 aromatic rings. The van der Waals surface area contributed by atoms with Crippen LogP contribution in [0.3, 0.4) is 0 Å². The van der Waals surface area contributed by atoms with Crippen molar-refractivity contribution in [3.05, 3.63) is 70.1 Å². The molecule has 0 saturated heterocycles. The van der Waals surface area contributed by atoms with Crippen LogP contribution in [0.4, 0.5) is 0 Å². The highest BCUT2D eigenvalue weighted by Crippen LogP contribution is 2.00. The quantitative estimate of drug-likeness (QED) is 0.853. The maximum absolute atomic E-state index is 12.0. The van der Waals surface area contributed by atoms with Crippen LogP contribution in [0.2, 0.25) is 0 Å². The van der Waals surface area contributed by atoms with Crippen LogP contribution in [-0.4, -0.2) is 21.6 Å². The van der Waals surface area contributed by atoms with Gasteiger partial charge in [0, 0.05) is 18.8 Å². The number of carbonyl (C=O) groups is 2. The van der Waals surface area contributed by atoms with Crippen LogP contribution >= 0.6 is 0 Å². The lowest BCUT2D eigenvalue weighted by atomic mass is 10.2. The number of nitrogens with zero attached hydrogens (tertiary/aromatic N) is 1. The maximum Gasteiger partial charge on any atom is 0.323 e. The van der Waals surface area contributed by atoms with Gasteiger partial charge in [0.05, 0.1) is 5.56 Å². The van der Waals surface area contributed by atoms with Crippen molar-refractivity contribution in [2.75, 3.05) is 0 Å². The highest BCUT2D eigenvalue weighted by atomic mass is 16.4. The van der Waals surface area contributed by atoms with Crippen LogP contribution in [0.5, 0.6) is 0 Å². The molecule has 2 rings (SSSR count). The molecule has 1 aromatic carbocycles. The fourth-order valence-corrected chi connectivity index (χ4v) is 1.82. The van der Waals surface area contributed by atoms with Gasteiger partial charge >= 0.3 is 5.97 Å². The molecular formula is C15H14N2O4. The minimum absolute atomic E-state index is 0.242. The Labute approximate surface area is 120 Å². The molecule has 6 nitrogen and oxygen atoms in total. The minimum Gasteiger partial charge on any atom is -0.480 e. The Morgan fingerprint density at radius 3 is 2.48 bits per heavy atom. The third-order valence-electron chi connectivity index (χ3n) is 2.85. The first-order valence-electron chi connectivity index (χ1n) is 6.30. The molecule has 0 aliphatic rings. The van der Waals surface area contributed by atoms with Gasteiger partial charge in [-0.1, -0.05) is 30.3 Å². The summed E-state index contributed by atoms with van der Waals surface area (Å²) in [5, 5.41) is 11.4. The first-order chi connectivity index (χ1) is 10.1. The number of pyridine rings is 1. The third kappa shape index (κ3) is 4.04. The fraction of sp³-hybridized carbons (Fsp3) is 0.133. The summed E-state index contributed by atoms with van der Waals surface area (Å²) in [6, 6.07) is 11.9. The van der Waals surface area contributed by atoms with Crippen molar-refractivity contribution in [2.24, 2.45) is 0 Å². The van der Waals surface area contributed by atoms with E-state index >= 15 is 0 Å². The number of carboxylic acid groups (broad SMARTS) is 1. The summed E-state index contributed by atoms with van der Waals surface area (Å²) in [4.78, 5) is 34.1. The van der Waals surface area contributed by atoms with Crippen molar-refractivity contribution in [2.45, 2.75) is 13.1 Å². The zero-order valence-electron chi connectivity index (χ0n) is 11.2. The number of aliphatic carboxylic acids is 1. The second kappa shape index (κ2) is 6.51. The van der Waals surface area contributed by atoms with E-state index in [2.05, 4.69) is 5.32 Å². The zero-order chi connectivity index (χ0) is 15.2. The normalized spacial score (nSPS) is 10.1. The second-order valence-electron chi connectivity index (χ2n) is 4.45. The van der Waals surface area contributed by atoms with E-state index < -0.39 is 18.1 Å². The predicted octanol–water partition coefficient (Wildman–Crippen LogP) is 0.863. The Kier molecular flexibility index (Phi) is 4.50. The molecular weight excluding hydrogens is 272 g/mol. The molecule has 0 atom stereocenters. The first kappa shape index (κ1) is 14.5. The summed E-state index contributed by atoms with van der Waals surface area (Å²) >= 11 is 0. The number of carbonyl (C=O) groups excluding carboxylic acids is 1. The van der Waals surface area contributed by atoms with Crippen molar-refractivity contribution in [1.82, 2.24) is 9.88 Å². The van der Waals surface area contributed by atoms with E-state index in [0.29, 0.717) is 6.54 Å². The van der Waals surface area contributed by atoms with Crippen LogP contribution < -0.4 is 10.9 Å². The number of rotatable bonds is 5. The van der Waals surface area contributed by atoms with Crippen molar-refractivity contribution >= 4 is 11.9 Å². The summed E-state index contributed by atoms with van der Waals surface area (Å²) in [5.74, 6) is -1.50. The van der Waals surface area contributed by atoms with Crippen LogP contribution in [0.15, 0.2) is 53.5 Å². The Bertz CT molecular complexity index is 707. The predicted molar refractivity (Wildman–Crippen MR) is 76.0 cm³/mol. The average Bonchev–Trinajstić information content (AvgIpc) is 2.47. The summed E-state index contributed by atoms with van der Waals surface area (Å²) < 4.78 is 0.986. The van der Waals surface area contributed by atoms with Crippen molar-refractivity contribution in [3.63, 3.8) is 0 Å². The lowest BCUT2D eigenvalue weighted by molar-refractivity contribution is -0.137. The van der Waals surface area contributed by atoms with E-state index in [9.17, 15) is 14.4 Å². The highest BCUT2D eigenvalue weighted by molar-refractivity contribution is 5.93. The number of amides is 1. The van der Waals surface area contributed by atoms with Crippen molar-refractivity contribution < 1.29 is 14.7 Å². The maximum atomic E-state index is 12.0. The highest BCUT2D eigenvalue weighted by Gasteiger charge is 2.09. The van der Waals surface area contributed by atoms with Crippen LogP contribution in [0.1, 0.15) is 15.9 Å². The molecule has 0 saturated carbocycles. The fourth-order valence-electron chi connectivity index (χ4n) is 1.82. The molecule has 1 heterocycles. The number of aromatic nitrogens is 1. The van der Waals surface area contributed by atoms with Gasteiger partial charge in [0.25, 0.3) is 11.5 Å². The number of carboxylic acids is 1.